The number of amides is 1. The van der Waals surface area contributed by atoms with E-state index >= 15 is 0 Å². The number of guanidine groups is 1. The van der Waals surface area contributed by atoms with Crippen molar-refractivity contribution in [1.29, 1.82) is 0 Å². The first-order valence-electron chi connectivity index (χ1n) is 10.8. The van der Waals surface area contributed by atoms with Crippen LogP contribution in [-0.4, -0.2) is 60.4 Å². The van der Waals surface area contributed by atoms with Gasteiger partial charge >= 0.3 is 0 Å². The predicted octanol–water partition coefficient (Wildman–Crippen LogP) is 2.35. The lowest BCUT2D eigenvalue weighted by Crippen LogP contribution is -2.44. The van der Waals surface area contributed by atoms with E-state index in [0.717, 1.165) is 38.6 Å². The van der Waals surface area contributed by atoms with Gasteiger partial charge < -0.3 is 15.5 Å². The Morgan fingerprint density at radius 2 is 2.04 bits per heavy atom. The fraction of sp³-hybridized carbons (Fsp3) is 0.636. The van der Waals surface area contributed by atoms with Crippen molar-refractivity contribution < 1.29 is 4.79 Å². The molecule has 1 aromatic rings. The zero-order valence-electron chi connectivity index (χ0n) is 17.4. The van der Waals surface area contributed by atoms with Crippen LogP contribution in [0.25, 0.3) is 0 Å². The molecule has 154 valence electrons. The van der Waals surface area contributed by atoms with Crippen LogP contribution in [0, 0.1) is 0 Å². The molecule has 0 saturated carbocycles. The molecule has 2 heterocycles. The van der Waals surface area contributed by atoms with Gasteiger partial charge in [0.2, 0.25) is 5.91 Å². The summed E-state index contributed by atoms with van der Waals surface area (Å²) in [5.74, 6) is 1.15. The van der Waals surface area contributed by atoms with Crippen molar-refractivity contribution in [3.63, 3.8) is 0 Å². The van der Waals surface area contributed by atoms with Crippen LogP contribution in [0.3, 0.4) is 0 Å². The second-order valence-electron chi connectivity index (χ2n) is 7.74. The van der Waals surface area contributed by atoms with Gasteiger partial charge in [-0.3, -0.25) is 9.69 Å². The number of benzene rings is 1. The third-order valence-electron chi connectivity index (χ3n) is 5.71. The molecule has 3 rings (SSSR count). The second kappa shape index (κ2) is 10.5. The molecule has 6 heteroatoms. The number of carbonyl (C=O) groups is 1. The Kier molecular flexibility index (Phi) is 7.71. The zero-order valence-corrected chi connectivity index (χ0v) is 17.4. The number of carbonyl (C=O) groups excluding carboxylic acids is 1. The largest absolute Gasteiger partial charge is 0.357 e. The molecule has 0 bridgehead atoms. The van der Waals surface area contributed by atoms with Crippen molar-refractivity contribution in [2.45, 2.75) is 58.7 Å². The van der Waals surface area contributed by atoms with Crippen molar-refractivity contribution in [2.24, 2.45) is 4.99 Å². The van der Waals surface area contributed by atoms with Crippen LogP contribution in [0.5, 0.6) is 0 Å². The lowest BCUT2D eigenvalue weighted by atomic mass is 10.1. The average molecular weight is 386 g/mol. The minimum atomic E-state index is 0.273. The molecular formula is C22H35N5O. The number of hydrogen-bond acceptors (Lipinski definition) is 3. The number of nitrogens with one attached hydrogen (secondary N) is 2. The van der Waals surface area contributed by atoms with Gasteiger partial charge in [-0.2, -0.15) is 0 Å². The molecule has 1 amide bonds. The third-order valence-corrected chi connectivity index (χ3v) is 5.71. The molecule has 0 radical (unpaired) electrons. The Balaban J connectivity index is 1.56. The van der Waals surface area contributed by atoms with E-state index < -0.39 is 0 Å². The summed E-state index contributed by atoms with van der Waals surface area (Å²) in [6.07, 6.45) is 4.23. The molecule has 28 heavy (non-hydrogen) atoms. The van der Waals surface area contributed by atoms with E-state index in [1.807, 2.05) is 4.90 Å². The molecule has 2 N–H and O–H groups in total. The molecule has 0 spiro atoms. The Morgan fingerprint density at radius 1 is 1.18 bits per heavy atom. The van der Waals surface area contributed by atoms with Crippen LogP contribution < -0.4 is 10.6 Å². The summed E-state index contributed by atoms with van der Waals surface area (Å²) in [7, 11) is 0. The van der Waals surface area contributed by atoms with Crippen molar-refractivity contribution >= 4 is 11.9 Å². The van der Waals surface area contributed by atoms with E-state index in [1.165, 1.54) is 30.5 Å². The fourth-order valence-electron chi connectivity index (χ4n) is 4.19. The number of likely N-dealkylation sites (N-methyl/N-ethyl adjacent to an activating group) is 1. The van der Waals surface area contributed by atoms with E-state index in [-0.39, 0.29) is 5.91 Å². The van der Waals surface area contributed by atoms with E-state index in [0.29, 0.717) is 25.6 Å². The Hall–Kier alpha value is -2.08. The summed E-state index contributed by atoms with van der Waals surface area (Å²) in [5.41, 5.74) is 2.36. The first-order chi connectivity index (χ1) is 13.7. The molecule has 1 atom stereocenters. The van der Waals surface area contributed by atoms with Crippen molar-refractivity contribution in [3.05, 3.63) is 35.4 Å². The quantitative estimate of drug-likeness (QED) is 0.533. The van der Waals surface area contributed by atoms with Gasteiger partial charge in [-0.1, -0.05) is 31.2 Å². The SMILES string of the molecule is CCNC(=NCc1cccc(CN2CCCC2=O)c1)NCC1CCCN1CC. The van der Waals surface area contributed by atoms with E-state index in [2.05, 4.69) is 53.6 Å². The van der Waals surface area contributed by atoms with Crippen LogP contribution in [0.1, 0.15) is 50.7 Å². The maximum atomic E-state index is 11.9. The van der Waals surface area contributed by atoms with Gasteiger partial charge in [0.1, 0.15) is 0 Å². The lowest BCUT2D eigenvalue weighted by Gasteiger charge is -2.24. The van der Waals surface area contributed by atoms with Crippen LogP contribution in [0.4, 0.5) is 0 Å². The second-order valence-corrected chi connectivity index (χ2v) is 7.74. The molecule has 0 aliphatic carbocycles. The van der Waals surface area contributed by atoms with Crippen LogP contribution >= 0.6 is 0 Å². The van der Waals surface area contributed by atoms with Gasteiger partial charge in [-0.25, -0.2) is 4.99 Å². The maximum absolute atomic E-state index is 11.9. The summed E-state index contributed by atoms with van der Waals surface area (Å²) in [6, 6.07) is 9.06. The Morgan fingerprint density at radius 3 is 2.79 bits per heavy atom. The number of aliphatic imine (C=N–C) groups is 1. The van der Waals surface area contributed by atoms with Gasteiger partial charge in [0.25, 0.3) is 0 Å². The maximum Gasteiger partial charge on any atom is 0.222 e. The molecule has 6 nitrogen and oxygen atoms in total. The minimum Gasteiger partial charge on any atom is -0.357 e. The number of nitrogens with zero attached hydrogens (tertiary/aromatic N) is 3. The molecule has 1 unspecified atom stereocenters. The first-order valence-corrected chi connectivity index (χ1v) is 10.8. The lowest BCUT2D eigenvalue weighted by molar-refractivity contribution is -0.128. The van der Waals surface area contributed by atoms with Gasteiger partial charge in [0.15, 0.2) is 5.96 Å². The fourth-order valence-corrected chi connectivity index (χ4v) is 4.19. The normalized spacial score (nSPS) is 20.8. The van der Waals surface area contributed by atoms with Gasteiger partial charge in [0.05, 0.1) is 6.54 Å². The topological polar surface area (TPSA) is 60.0 Å². The molecule has 2 fully saturated rings. The van der Waals surface area contributed by atoms with Crippen molar-refractivity contribution in [3.8, 4) is 0 Å². The highest BCUT2D eigenvalue weighted by atomic mass is 16.2. The average Bonchev–Trinajstić information content (AvgIpc) is 3.33. The van der Waals surface area contributed by atoms with Crippen LogP contribution in [0.15, 0.2) is 29.3 Å². The molecule has 2 aliphatic rings. The predicted molar refractivity (Wildman–Crippen MR) is 114 cm³/mol. The van der Waals surface area contributed by atoms with E-state index in [1.54, 1.807) is 0 Å². The summed E-state index contributed by atoms with van der Waals surface area (Å²) in [4.78, 5) is 21.1. The van der Waals surface area contributed by atoms with Gasteiger partial charge in [-0.15, -0.1) is 0 Å². The van der Waals surface area contributed by atoms with Crippen LogP contribution in [-0.2, 0) is 17.9 Å². The minimum absolute atomic E-state index is 0.273. The third kappa shape index (κ3) is 5.71. The zero-order chi connectivity index (χ0) is 19.8. The Labute approximate surface area is 169 Å². The Bertz CT molecular complexity index is 675. The van der Waals surface area contributed by atoms with Crippen molar-refractivity contribution in [2.75, 3.05) is 32.7 Å². The van der Waals surface area contributed by atoms with Crippen molar-refractivity contribution in [1.82, 2.24) is 20.4 Å². The smallest absolute Gasteiger partial charge is 0.222 e. The van der Waals surface area contributed by atoms with Gasteiger partial charge in [0, 0.05) is 38.6 Å². The standard InChI is InChI=1S/C22H35N5O/c1-3-23-22(25-16-20-10-6-12-26(20)4-2)24-15-18-8-5-9-19(14-18)17-27-13-7-11-21(27)28/h5,8-9,14,20H,3-4,6-7,10-13,15-17H2,1-2H3,(H2,23,24,25). The molecule has 2 saturated heterocycles. The van der Waals surface area contributed by atoms with E-state index in [9.17, 15) is 4.79 Å². The van der Waals surface area contributed by atoms with E-state index in [4.69, 9.17) is 4.99 Å². The molecule has 0 aromatic heterocycles. The number of hydrogen-bond donors (Lipinski definition) is 2. The summed E-state index contributed by atoms with van der Waals surface area (Å²) in [6.45, 7) is 10.7. The highest BCUT2D eigenvalue weighted by Gasteiger charge is 2.23. The molecular weight excluding hydrogens is 350 g/mol. The summed E-state index contributed by atoms with van der Waals surface area (Å²) < 4.78 is 0. The molecule has 1 aromatic carbocycles. The van der Waals surface area contributed by atoms with Crippen LogP contribution in [0.2, 0.25) is 0 Å². The number of rotatable bonds is 8. The van der Waals surface area contributed by atoms with Gasteiger partial charge in [-0.05, 0) is 50.4 Å². The molecule has 2 aliphatic heterocycles. The monoisotopic (exact) mass is 385 g/mol. The highest BCUT2D eigenvalue weighted by Crippen LogP contribution is 2.16. The summed E-state index contributed by atoms with van der Waals surface area (Å²) >= 11 is 0. The highest BCUT2D eigenvalue weighted by molar-refractivity contribution is 5.79. The summed E-state index contributed by atoms with van der Waals surface area (Å²) in [5, 5.41) is 6.88. The first kappa shape index (κ1) is 20.6. The number of likely N-dealkylation sites (tertiary alicyclic amines) is 2.